The molecule has 2 unspecified atom stereocenters. The summed E-state index contributed by atoms with van der Waals surface area (Å²) in [7, 11) is 0. The summed E-state index contributed by atoms with van der Waals surface area (Å²) in [6.07, 6.45) is 8.16. The van der Waals surface area contributed by atoms with Crippen molar-refractivity contribution in [2.24, 2.45) is 23.7 Å². The summed E-state index contributed by atoms with van der Waals surface area (Å²) in [5.41, 5.74) is 0. The topological polar surface area (TPSA) is 0 Å². The molecule has 2 saturated carbocycles. The van der Waals surface area contributed by atoms with Gasteiger partial charge in [0.25, 0.3) is 0 Å². The molecule has 0 nitrogen and oxygen atoms in total. The predicted octanol–water partition coefficient (Wildman–Crippen LogP) is 6.76. The van der Waals surface area contributed by atoms with Gasteiger partial charge in [-0.05, 0) is 49.9 Å². The fourth-order valence-electron chi connectivity index (χ4n) is 4.25. The Kier molecular flexibility index (Phi) is 6.35. The van der Waals surface area contributed by atoms with Crippen molar-refractivity contribution >= 4 is 31.9 Å². The van der Waals surface area contributed by atoms with Gasteiger partial charge in [-0.2, -0.15) is 0 Å². The Hall–Kier alpha value is 0.820. The van der Waals surface area contributed by atoms with Gasteiger partial charge in [0.15, 0.2) is 0 Å². The van der Waals surface area contributed by atoms with E-state index in [2.05, 4.69) is 38.8 Å². The first-order chi connectivity index (χ1) is 9.44. The van der Waals surface area contributed by atoms with E-state index >= 15 is 0 Å². The van der Waals surface area contributed by atoms with Crippen LogP contribution in [0.1, 0.15) is 64.7 Å². The first kappa shape index (κ1) is 17.2. The highest BCUT2D eigenvalue weighted by molar-refractivity contribution is 9.25. The molecule has 0 spiro atoms. The van der Waals surface area contributed by atoms with E-state index < -0.39 is 15.6 Å². The molecule has 4 heteroatoms. The molecule has 0 aromatic rings. The van der Waals surface area contributed by atoms with Crippen LogP contribution in [0.25, 0.3) is 0 Å². The van der Waals surface area contributed by atoms with E-state index in [1.54, 1.807) is 0 Å². The zero-order valence-corrected chi connectivity index (χ0v) is 15.4. The highest BCUT2D eigenvalue weighted by atomic mass is 79.9. The molecule has 0 N–H and O–H groups in total. The van der Waals surface area contributed by atoms with Crippen LogP contribution in [0.5, 0.6) is 0 Å². The quantitative estimate of drug-likeness (QED) is 0.445. The average molecular weight is 416 g/mol. The molecule has 0 saturated heterocycles. The molecular formula is C16H26Br2F2. The second-order valence-electron chi connectivity index (χ2n) is 6.81. The first-order valence-corrected chi connectivity index (χ1v) is 9.68. The minimum absolute atomic E-state index is 0.514. The van der Waals surface area contributed by atoms with Crippen LogP contribution < -0.4 is 0 Å². The number of hydrogen-bond donors (Lipinski definition) is 0. The predicted molar refractivity (Wildman–Crippen MR) is 87.8 cm³/mol. The number of halogens is 4. The molecule has 0 aromatic heterocycles. The van der Waals surface area contributed by atoms with Crippen LogP contribution in [-0.2, 0) is 0 Å². The molecule has 0 radical (unpaired) electrons. The summed E-state index contributed by atoms with van der Waals surface area (Å²) in [5.74, 6) is 1.56. The van der Waals surface area contributed by atoms with Crippen LogP contribution in [0, 0.1) is 23.7 Å². The Morgan fingerprint density at radius 3 is 2.25 bits per heavy atom. The summed E-state index contributed by atoms with van der Waals surface area (Å²) in [6.45, 7) is 2.26. The monoisotopic (exact) mass is 414 g/mol. The maximum absolute atomic E-state index is 13.3. The third-order valence-corrected chi connectivity index (χ3v) is 7.48. The van der Waals surface area contributed by atoms with Crippen LogP contribution in [0.4, 0.5) is 8.78 Å². The molecule has 2 fully saturated rings. The molecule has 0 amide bonds. The Balaban J connectivity index is 1.88. The number of alkyl halides is 4. The van der Waals surface area contributed by atoms with Crippen LogP contribution in [0.2, 0.25) is 0 Å². The van der Waals surface area contributed by atoms with Crippen LogP contribution in [0.3, 0.4) is 0 Å². The van der Waals surface area contributed by atoms with Gasteiger partial charge in [0.05, 0.1) is 3.23 Å². The number of rotatable bonds is 4. The van der Waals surface area contributed by atoms with E-state index in [-0.39, 0.29) is 0 Å². The third-order valence-electron chi connectivity index (χ3n) is 5.51. The number of hydrogen-bond acceptors (Lipinski definition) is 0. The minimum Gasteiger partial charge on any atom is -0.210 e. The summed E-state index contributed by atoms with van der Waals surface area (Å²) in [6, 6.07) is 0. The minimum atomic E-state index is -2.23. The van der Waals surface area contributed by atoms with Crippen LogP contribution >= 0.6 is 31.9 Å². The van der Waals surface area contributed by atoms with Crippen molar-refractivity contribution in [3.05, 3.63) is 0 Å². The van der Waals surface area contributed by atoms with Crippen LogP contribution in [0.15, 0.2) is 0 Å². The van der Waals surface area contributed by atoms with Crippen molar-refractivity contribution in [2.75, 3.05) is 0 Å². The largest absolute Gasteiger partial charge is 0.243 e. The zero-order valence-electron chi connectivity index (χ0n) is 12.3. The molecule has 2 atom stereocenters. The van der Waals surface area contributed by atoms with Crippen molar-refractivity contribution in [3.63, 3.8) is 0 Å². The summed E-state index contributed by atoms with van der Waals surface area (Å²) >= 11 is 6.96. The lowest BCUT2D eigenvalue weighted by Gasteiger charge is -2.43. The average Bonchev–Trinajstić information content (AvgIpc) is 2.39. The van der Waals surface area contributed by atoms with Gasteiger partial charge in [0, 0.05) is 5.92 Å². The van der Waals surface area contributed by atoms with Gasteiger partial charge >= 0.3 is 0 Å². The Morgan fingerprint density at radius 2 is 1.70 bits per heavy atom. The highest BCUT2D eigenvalue weighted by Crippen LogP contribution is 2.53. The molecule has 0 heterocycles. The maximum atomic E-state index is 13.3. The molecular weight excluding hydrogens is 390 g/mol. The first-order valence-electron chi connectivity index (χ1n) is 8.10. The van der Waals surface area contributed by atoms with Crippen molar-refractivity contribution in [2.45, 2.75) is 74.4 Å². The van der Waals surface area contributed by atoms with Crippen molar-refractivity contribution in [1.82, 2.24) is 0 Å². The van der Waals surface area contributed by atoms with Gasteiger partial charge in [0.1, 0.15) is 0 Å². The molecule has 0 bridgehead atoms. The Labute approximate surface area is 138 Å². The van der Waals surface area contributed by atoms with Crippen LogP contribution in [-0.4, -0.2) is 9.66 Å². The Bertz CT molecular complexity index is 299. The van der Waals surface area contributed by atoms with Gasteiger partial charge in [-0.3, -0.25) is 0 Å². The smallest absolute Gasteiger partial charge is 0.210 e. The van der Waals surface area contributed by atoms with E-state index in [0.29, 0.717) is 18.3 Å². The molecule has 118 valence electrons. The lowest BCUT2D eigenvalue weighted by Crippen LogP contribution is -2.39. The molecule has 2 aliphatic rings. The molecule has 20 heavy (non-hydrogen) atoms. The van der Waals surface area contributed by atoms with Gasteiger partial charge in [0.2, 0.25) is 6.43 Å². The fourth-order valence-corrected chi connectivity index (χ4v) is 5.48. The SMILES string of the molecule is CCC[C@H]1CC[C@H](C2CCC(Br)(Br)C(C(F)F)C2)CC1. The van der Waals surface area contributed by atoms with E-state index in [1.807, 2.05) is 0 Å². The van der Waals surface area contributed by atoms with E-state index in [0.717, 1.165) is 18.8 Å². The molecule has 2 rings (SSSR count). The van der Waals surface area contributed by atoms with Gasteiger partial charge in [-0.25, -0.2) is 8.78 Å². The zero-order chi connectivity index (χ0) is 14.8. The van der Waals surface area contributed by atoms with Gasteiger partial charge in [-0.15, -0.1) is 0 Å². The van der Waals surface area contributed by atoms with Gasteiger partial charge in [-0.1, -0.05) is 64.5 Å². The summed E-state index contributed by atoms with van der Waals surface area (Å²) < 4.78 is 26.0. The maximum Gasteiger partial charge on any atom is 0.243 e. The summed E-state index contributed by atoms with van der Waals surface area (Å²) in [5, 5.41) is 0. The summed E-state index contributed by atoms with van der Waals surface area (Å²) in [4.78, 5) is 0. The third kappa shape index (κ3) is 4.18. The molecule has 0 aromatic carbocycles. The highest BCUT2D eigenvalue weighted by Gasteiger charge is 2.46. The van der Waals surface area contributed by atoms with E-state index in [4.69, 9.17) is 0 Å². The standard InChI is InChI=1S/C16H26Br2F2/c1-2-3-11-4-6-12(7-5-11)13-8-9-16(17,18)14(10-13)15(19)20/h11-15H,2-10H2,1H3/t11-,12-,13?,14?. The van der Waals surface area contributed by atoms with Crippen molar-refractivity contribution in [3.8, 4) is 0 Å². The lowest BCUT2D eigenvalue weighted by atomic mass is 9.68. The van der Waals surface area contributed by atoms with E-state index in [9.17, 15) is 8.78 Å². The molecule has 0 aliphatic heterocycles. The van der Waals surface area contributed by atoms with Crippen molar-refractivity contribution in [1.29, 1.82) is 0 Å². The fraction of sp³-hybridized carbons (Fsp3) is 1.00. The van der Waals surface area contributed by atoms with E-state index in [1.165, 1.54) is 38.5 Å². The normalized spacial score (nSPS) is 38.1. The lowest BCUT2D eigenvalue weighted by molar-refractivity contribution is 0.0255. The van der Waals surface area contributed by atoms with Crippen molar-refractivity contribution < 1.29 is 8.78 Å². The second-order valence-corrected chi connectivity index (χ2v) is 10.7. The Morgan fingerprint density at radius 1 is 1.05 bits per heavy atom. The second kappa shape index (κ2) is 7.39. The molecule has 2 aliphatic carbocycles. The van der Waals surface area contributed by atoms with Gasteiger partial charge < -0.3 is 0 Å².